The number of carbonyl (C=O) groups is 2. The lowest BCUT2D eigenvalue weighted by molar-refractivity contribution is -0.107. The third-order valence-corrected chi connectivity index (χ3v) is 4.73. The maximum Gasteiger partial charge on any atom is 0.374 e. The number of aliphatic imine (C=N–C) groups is 1. The Morgan fingerprint density at radius 1 is 1.43 bits per heavy atom. The summed E-state index contributed by atoms with van der Waals surface area (Å²) in [6, 6.07) is 5.01. The molecule has 8 heteroatoms. The molecule has 0 fully saturated rings. The minimum absolute atomic E-state index is 0.229. The molecule has 0 unspecified atom stereocenters. The molecule has 0 radical (unpaired) electrons. The van der Waals surface area contributed by atoms with Crippen LogP contribution < -0.4 is 0 Å². The van der Waals surface area contributed by atoms with Crippen LogP contribution >= 0.6 is 46.7 Å². The Hall–Kier alpha value is -0.950. The van der Waals surface area contributed by atoms with Crippen LogP contribution in [0.25, 0.3) is 6.08 Å². The molecule has 2 rings (SSSR count). The van der Waals surface area contributed by atoms with Crippen molar-refractivity contribution in [1.29, 1.82) is 0 Å². The lowest BCUT2D eigenvalue weighted by atomic mass is 10.2. The molecule has 0 aromatic heterocycles. The summed E-state index contributed by atoms with van der Waals surface area (Å²) in [5, 5.41) is 0.127. The zero-order chi connectivity index (χ0) is 15.4. The van der Waals surface area contributed by atoms with Crippen LogP contribution in [0.1, 0.15) is 12.5 Å². The van der Waals surface area contributed by atoms with Crippen LogP contribution in [0.2, 0.25) is 10.0 Å². The molecule has 1 aromatic carbocycles. The molecule has 21 heavy (non-hydrogen) atoms. The van der Waals surface area contributed by atoms with E-state index in [1.807, 2.05) is 0 Å². The van der Waals surface area contributed by atoms with Crippen molar-refractivity contribution in [2.75, 3.05) is 6.61 Å². The fraction of sp³-hybridized carbons (Fsp3) is 0.154. The summed E-state index contributed by atoms with van der Waals surface area (Å²) < 4.78 is 5.14. The van der Waals surface area contributed by atoms with Gasteiger partial charge in [-0.05, 0) is 42.5 Å². The molecule has 1 heterocycles. The molecule has 1 aliphatic heterocycles. The van der Waals surface area contributed by atoms with Gasteiger partial charge >= 0.3 is 5.30 Å². The van der Waals surface area contributed by atoms with Gasteiger partial charge in [-0.15, -0.1) is 0 Å². The van der Waals surface area contributed by atoms with Crippen molar-refractivity contribution in [3.63, 3.8) is 0 Å². The molecule has 0 saturated carbocycles. The van der Waals surface area contributed by atoms with Gasteiger partial charge in [0.05, 0.1) is 16.7 Å². The first-order valence-corrected chi connectivity index (χ1v) is 8.20. The summed E-state index contributed by atoms with van der Waals surface area (Å²) >= 11 is 13.4. The first-order chi connectivity index (χ1) is 9.99. The van der Waals surface area contributed by atoms with E-state index in [2.05, 4.69) is 4.99 Å². The van der Waals surface area contributed by atoms with Gasteiger partial charge in [-0.25, -0.2) is 9.79 Å². The second kappa shape index (κ2) is 7.35. The van der Waals surface area contributed by atoms with Gasteiger partial charge < -0.3 is 4.74 Å². The van der Waals surface area contributed by atoms with Crippen LogP contribution in [0.4, 0.5) is 4.79 Å². The van der Waals surface area contributed by atoms with Crippen LogP contribution in [0.5, 0.6) is 0 Å². The Labute approximate surface area is 139 Å². The van der Waals surface area contributed by atoms with Gasteiger partial charge in [0.25, 0.3) is 0 Å². The summed E-state index contributed by atoms with van der Waals surface area (Å²) in [6.45, 7) is 1.99. The maximum absolute atomic E-state index is 11.8. The third-order valence-electron chi connectivity index (χ3n) is 2.28. The molecule has 0 N–H and O–H groups in total. The molecule has 0 bridgehead atoms. The molecule has 1 aliphatic rings. The normalized spacial score (nSPS) is 16.2. The van der Waals surface area contributed by atoms with Crippen molar-refractivity contribution in [2.45, 2.75) is 6.92 Å². The Balaban J connectivity index is 2.17. The second-order valence-corrected chi connectivity index (χ2v) is 6.71. The molecule has 0 amide bonds. The summed E-state index contributed by atoms with van der Waals surface area (Å²) in [5.74, 6) is 0. The van der Waals surface area contributed by atoms with Crippen molar-refractivity contribution in [3.8, 4) is 0 Å². The van der Waals surface area contributed by atoms with E-state index in [-0.39, 0.29) is 17.4 Å². The maximum atomic E-state index is 11.8. The number of ether oxygens (including phenoxy) is 1. The number of thioether (sulfide) groups is 2. The average molecular weight is 362 g/mol. The van der Waals surface area contributed by atoms with E-state index >= 15 is 0 Å². The van der Waals surface area contributed by atoms with E-state index in [1.54, 1.807) is 31.2 Å². The van der Waals surface area contributed by atoms with Crippen molar-refractivity contribution in [3.05, 3.63) is 39.5 Å². The Morgan fingerprint density at radius 2 is 2.19 bits per heavy atom. The van der Waals surface area contributed by atoms with Gasteiger partial charge in [-0.2, -0.15) is 0 Å². The topological polar surface area (TPSA) is 55.7 Å². The van der Waals surface area contributed by atoms with Gasteiger partial charge in [0.2, 0.25) is 5.12 Å². The highest BCUT2D eigenvalue weighted by Crippen LogP contribution is 2.32. The first kappa shape index (κ1) is 16.4. The van der Waals surface area contributed by atoms with E-state index in [9.17, 15) is 9.59 Å². The number of halogens is 2. The third kappa shape index (κ3) is 4.51. The summed E-state index contributed by atoms with van der Waals surface area (Å²) in [4.78, 5) is 27.3. The van der Waals surface area contributed by atoms with E-state index in [4.69, 9.17) is 27.9 Å². The number of benzene rings is 1. The Morgan fingerprint density at radius 3 is 2.86 bits per heavy atom. The Kier molecular flexibility index (Phi) is 5.75. The van der Waals surface area contributed by atoms with Gasteiger partial charge in [0, 0.05) is 11.8 Å². The van der Waals surface area contributed by atoms with Crippen LogP contribution in [0, 0.1) is 0 Å². The summed E-state index contributed by atoms with van der Waals surface area (Å²) in [7, 11) is 0. The molecule has 0 spiro atoms. The van der Waals surface area contributed by atoms with Crippen LogP contribution in [0.3, 0.4) is 0 Å². The van der Waals surface area contributed by atoms with Crippen molar-refractivity contribution in [1.82, 2.24) is 0 Å². The highest BCUT2D eigenvalue weighted by atomic mass is 35.5. The SMILES string of the molecule is CCOC(=O)SC1=N/C(=C\c2ccc(Cl)c(Cl)c2)C(=O)S1. The van der Waals surface area contributed by atoms with Gasteiger partial charge in [-0.3, -0.25) is 4.79 Å². The van der Waals surface area contributed by atoms with Gasteiger partial charge in [-0.1, -0.05) is 29.3 Å². The lowest BCUT2D eigenvalue weighted by Crippen LogP contribution is -1.98. The number of hydrogen-bond acceptors (Lipinski definition) is 6. The lowest BCUT2D eigenvalue weighted by Gasteiger charge is -1.98. The second-order valence-electron chi connectivity index (χ2n) is 3.76. The zero-order valence-electron chi connectivity index (χ0n) is 10.8. The molecule has 0 atom stereocenters. The van der Waals surface area contributed by atoms with E-state index in [0.29, 0.717) is 20.0 Å². The largest absolute Gasteiger partial charge is 0.458 e. The minimum Gasteiger partial charge on any atom is -0.458 e. The van der Waals surface area contributed by atoms with Crippen molar-refractivity contribution >= 4 is 67.6 Å². The van der Waals surface area contributed by atoms with Crippen LogP contribution in [-0.4, -0.2) is 21.4 Å². The highest BCUT2D eigenvalue weighted by molar-refractivity contribution is 8.49. The fourth-order valence-electron chi connectivity index (χ4n) is 1.41. The number of rotatable bonds is 2. The standard InChI is InChI=1S/C13H9Cl2NO3S2/c1-2-19-13(18)21-12-16-10(11(17)20-12)6-7-3-4-8(14)9(15)5-7/h3-6H,2H2,1H3/b10-6-. The smallest absolute Gasteiger partial charge is 0.374 e. The predicted molar refractivity (Wildman–Crippen MR) is 89.1 cm³/mol. The van der Waals surface area contributed by atoms with E-state index in [1.165, 1.54) is 0 Å². The Bertz CT molecular complexity index is 659. The first-order valence-electron chi connectivity index (χ1n) is 5.82. The van der Waals surface area contributed by atoms with Crippen molar-refractivity contribution < 1.29 is 14.3 Å². The fourth-order valence-corrected chi connectivity index (χ4v) is 3.29. The molecule has 1 aromatic rings. The van der Waals surface area contributed by atoms with Crippen LogP contribution in [-0.2, 0) is 9.53 Å². The predicted octanol–water partition coefficient (Wildman–Crippen LogP) is 4.85. The molecule has 4 nitrogen and oxygen atoms in total. The van der Waals surface area contributed by atoms with E-state index < -0.39 is 5.30 Å². The number of hydrogen-bond donors (Lipinski definition) is 0. The number of nitrogens with zero attached hydrogens (tertiary/aromatic N) is 1. The quantitative estimate of drug-likeness (QED) is 0.556. The van der Waals surface area contributed by atoms with Crippen LogP contribution in [0.15, 0.2) is 28.9 Å². The highest BCUT2D eigenvalue weighted by Gasteiger charge is 2.25. The molecule has 110 valence electrons. The molecular formula is C13H9Cl2NO3S2. The van der Waals surface area contributed by atoms with Crippen molar-refractivity contribution in [2.24, 2.45) is 4.99 Å². The molecule has 0 saturated heterocycles. The van der Waals surface area contributed by atoms with Gasteiger partial charge in [0.1, 0.15) is 10.1 Å². The van der Waals surface area contributed by atoms with E-state index in [0.717, 1.165) is 23.5 Å². The molecular weight excluding hydrogens is 353 g/mol. The minimum atomic E-state index is -0.479. The average Bonchev–Trinajstić information content (AvgIpc) is 2.74. The summed E-state index contributed by atoms with van der Waals surface area (Å²) in [5.41, 5.74) is 0.963. The monoisotopic (exact) mass is 361 g/mol. The summed E-state index contributed by atoms with van der Waals surface area (Å²) in [6.07, 6.45) is 1.59. The van der Waals surface area contributed by atoms with Gasteiger partial charge in [0.15, 0.2) is 0 Å². The number of carbonyl (C=O) groups excluding carboxylic acids is 2. The molecule has 0 aliphatic carbocycles. The zero-order valence-corrected chi connectivity index (χ0v) is 13.9.